The average molecular weight is 667 g/mol. The van der Waals surface area contributed by atoms with Crippen molar-refractivity contribution in [3.8, 4) is 0 Å². The van der Waals surface area contributed by atoms with Gasteiger partial charge in [-0.3, -0.25) is 0 Å². The Morgan fingerprint density at radius 2 is 0.622 bits per heavy atom. The van der Waals surface area contributed by atoms with Crippen LogP contribution in [-0.4, -0.2) is 221 Å². The van der Waals surface area contributed by atoms with Gasteiger partial charge in [0.1, 0.15) is 97.7 Å². The maximum Gasteiger partial charge on any atom is 0.186 e. The van der Waals surface area contributed by atoms with Crippen LogP contribution in [0.3, 0.4) is 0 Å². The molecule has 0 aromatic rings. The zero-order chi connectivity index (χ0) is 33.3. The molecule has 14 N–H and O–H groups in total. The summed E-state index contributed by atoms with van der Waals surface area (Å²) in [7, 11) is 0. The quantitative estimate of drug-likeness (QED) is 0.103. The van der Waals surface area contributed by atoms with Gasteiger partial charge < -0.3 is 105 Å². The van der Waals surface area contributed by atoms with Crippen molar-refractivity contribution in [3.05, 3.63) is 0 Å². The number of hydrogen-bond acceptors (Lipinski definition) is 21. The van der Waals surface area contributed by atoms with Crippen LogP contribution in [0.4, 0.5) is 0 Å². The van der Waals surface area contributed by atoms with Gasteiger partial charge in [-0.05, 0) is 0 Å². The Morgan fingerprint density at radius 3 is 0.978 bits per heavy atom. The van der Waals surface area contributed by atoms with Crippen LogP contribution in [0.1, 0.15) is 0 Å². The molecule has 4 aliphatic heterocycles. The lowest BCUT2D eigenvalue weighted by molar-refractivity contribution is -0.346. The van der Waals surface area contributed by atoms with Crippen molar-refractivity contribution < 1.29 is 105 Å². The fourth-order valence-corrected chi connectivity index (χ4v) is 5.23. The minimum atomic E-state index is -1.88. The van der Waals surface area contributed by atoms with Gasteiger partial charge in [0.25, 0.3) is 0 Å². The summed E-state index contributed by atoms with van der Waals surface area (Å²) in [6.07, 6.45) is -34.1. The molecular weight excluding hydrogens is 624 g/mol. The Hall–Kier alpha value is -0.840. The molecule has 0 aromatic carbocycles. The van der Waals surface area contributed by atoms with Crippen molar-refractivity contribution in [2.75, 3.05) is 26.4 Å². The molecule has 0 amide bonds. The molecule has 4 heterocycles. The summed E-state index contributed by atoms with van der Waals surface area (Å²) in [4.78, 5) is 0. The van der Waals surface area contributed by atoms with Gasteiger partial charge >= 0.3 is 0 Å². The largest absolute Gasteiger partial charge is 0.394 e. The van der Waals surface area contributed by atoms with E-state index in [2.05, 4.69) is 0 Å². The summed E-state index contributed by atoms with van der Waals surface area (Å²) in [5.74, 6) is 0. The van der Waals surface area contributed by atoms with Gasteiger partial charge in [0, 0.05) is 0 Å². The maximum absolute atomic E-state index is 10.4. The van der Waals surface area contributed by atoms with Crippen molar-refractivity contribution in [2.45, 2.75) is 123 Å². The van der Waals surface area contributed by atoms with Gasteiger partial charge in [-0.15, -0.1) is 0 Å². The van der Waals surface area contributed by atoms with E-state index in [1.54, 1.807) is 0 Å². The molecule has 0 spiro atoms. The molecule has 45 heavy (non-hydrogen) atoms. The van der Waals surface area contributed by atoms with Crippen LogP contribution in [0.2, 0.25) is 0 Å². The fraction of sp³-hybridized carbons (Fsp3) is 1.00. The van der Waals surface area contributed by atoms with E-state index in [1.807, 2.05) is 0 Å². The molecule has 21 nitrogen and oxygen atoms in total. The molecule has 0 aromatic heterocycles. The number of rotatable bonds is 10. The van der Waals surface area contributed by atoms with Crippen molar-refractivity contribution in [1.29, 1.82) is 0 Å². The predicted octanol–water partition coefficient (Wildman–Crippen LogP) is -9.75. The molecule has 0 bridgehead atoms. The van der Waals surface area contributed by atoms with Crippen molar-refractivity contribution in [2.24, 2.45) is 0 Å². The molecule has 0 unspecified atom stereocenters. The van der Waals surface area contributed by atoms with Crippen molar-refractivity contribution >= 4 is 0 Å². The smallest absolute Gasteiger partial charge is 0.186 e. The third kappa shape index (κ3) is 7.91. The molecule has 0 radical (unpaired) electrons. The van der Waals surface area contributed by atoms with Crippen LogP contribution < -0.4 is 0 Å². The van der Waals surface area contributed by atoms with Crippen LogP contribution in [0.25, 0.3) is 0 Å². The van der Waals surface area contributed by atoms with Gasteiger partial charge in [0.15, 0.2) is 25.2 Å². The lowest BCUT2D eigenvalue weighted by Crippen LogP contribution is -2.63. The summed E-state index contributed by atoms with van der Waals surface area (Å²) in [5.41, 5.74) is 0. The summed E-state index contributed by atoms with van der Waals surface area (Å²) in [5, 5.41) is 141. The highest BCUT2D eigenvalue weighted by Gasteiger charge is 2.50. The Morgan fingerprint density at radius 1 is 0.333 bits per heavy atom. The third-order valence-electron chi connectivity index (χ3n) is 8.15. The highest BCUT2D eigenvalue weighted by molar-refractivity contribution is 4.94. The Labute approximate surface area is 254 Å². The van der Waals surface area contributed by atoms with E-state index in [0.717, 1.165) is 0 Å². The monoisotopic (exact) mass is 666 g/mol. The standard InChI is InChI=1S/C24H42O21/c25-1-5-9(26)14(31)18(35)22(43-5)40-3-7-11(28)16(33)20(37)24(45-7)41-4-8-12(29)15(32)19(36)23(44-8)39-2-6-10(27)13(30)17(34)21(38)42-6/h5-38H,1-4H2/t5-,6-,7-,8-,9-,10-,11-,12-,13+,14+,15+,16+,17-,18-,19-,20-,21+,22+,23-,24+/m1/s1. The third-order valence-corrected chi connectivity index (χ3v) is 8.15. The van der Waals surface area contributed by atoms with E-state index in [-0.39, 0.29) is 0 Å². The van der Waals surface area contributed by atoms with E-state index in [4.69, 9.17) is 33.2 Å². The molecule has 0 saturated carbocycles. The second-order valence-corrected chi connectivity index (χ2v) is 11.3. The van der Waals surface area contributed by atoms with Gasteiger partial charge in [-0.2, -0.15) is 0 Å². The molecule has 4 fully saturated rings. The highest BCUT2D eigenvalue weighted by atomic mass is 16.7. The first-order valence-corrected chi connectivity index (χ1v) is 14.1. The minimum absolute atomic E-state index is 0.633. The van der Waals surface area contributed by atoms with E-state index >= 15 is 0 Å². The number of ether oxygens (including phenoxy) is 7. The molecule has 0 aliphatic carbocycles. The zero-order valence-corrected chi connectivity index (χ0v) is 23.5. The topological polar surface area (TPSA) is 348 Å². The van der Waals surface area contributed by atoms with Gasteiger partial charge in [0.05, 0.1) is 26.4 Å². The number of hydrogen-bond donors (Lipinski definition) is 14. The SMILES string of the molecule is OC[C@H]1O[C@H](OC[C@H]2O[C@H](OC[C@H]3O[C@@H](OC[C@H]4O[C@H](O)[C@H](O)[C@@H](O)[C@@H]4O)[C@H](O)[C@@H](O)[C@@H]3O)[C@H](O)[C@@H](O)[C@@H]2O)[C@H](O)[C@@H](O)[C@@H]1O. The lowest BCUT2D eigenvalue weighted by Gasteiger charge is -2.44. The van der Waals surface area contributed by atoms with E-state index in [1.165, 1.54) is 0 Å². The first-order chi connectivity index (χ1) is 21.2. The molecule has 264 valence electrons. The van der Waals surface area contributed by atoms with Crippen molar-refractivity contribution in [3.63, 3.8) is 0 Å². The van der Waals surface area contributed by atoms with Gasteiger partial charge in [-0.1, -0.05) is 0 Å². The molecule has 4 rings (SSSR count). The Kier molecular flexibility index (Phi) is 12.8. The fourth-order valence-electron chi connectivity index (χ4n) is 5.23. The minimum Gasteiger partial charge on any atom is -0.394 e. The van der Waals surface area contributed by atoms with Crippen LogP contribution in [0.5, 0.6) is 0 Å². The van der Waals surface area contributed by atoms with Crippen LogP contribution in [0, 0.1) is 0 Å². The first-order valence-electron chi connectivity index (χ1n) is 14.1. The molecule has 21 heteroatoms. The van der Waals surface area contributed by atoms with Gasteiger partial charge in [0.2, 0.25) is 0 Å². The molecular formula is C24H42O21. The second kappa shape index (κ2) is 15.6. The predicted molar refractivity (Wildman–Crippen MR) is 134 cm³/mol. The van der Waals surface area contributed by atoms with Crippen molar-refractivity contribution in [1.82, 2.24) is 0 Å². The lowest BCUT2D eigenvalue weighted by atomic mass is 9.98. The van der Waals surface area contributed by atoms with Crippen LogP contribution in [0.15, 0.2) is 0 Å². The van der Waals surface area contributed by atoms with E-state index in [0.29, 0.717) is 0 Å². The first kappa shape index (κ1) is 37.0. The maximum atomic E-state index is 10.4. The van der Waals surface area contributed by atoms with Crippen LogP contribution in [-0.2, 0) is 33.2 Å². The van der Waals surface area contributed by atoms with Gasteiger partial charge in [-0.25, -0.2) is 0 Å². The molecule has 20 atom stereocenters. The highest BCUT2D eigenvalue weighted by Crippen LogP contribution is 2.29. The normalized spacial score (nSPS) is 52.9. The number of aliphatic hydroxyl groups is 14. The summed E-state index contributed by atoms with van der Waals surface area (Å²) >= 11 is 0. The Balaban J connectivity index is 1.33. The summed E-state index contributed by atoms with van der Waals surface area (Å²) in [6, 6.07) is 0. The Bertz CT molecular complexity index is 916. The molecule has 4 aliphatic rings. The average Bonchev–Trinajstić information content (AvgIpc) is 3.02. The van der Waals surface area contributed by atoms with E-state index in [9.17, 15) is 71.5 Å². The summed E-state index contributed by atoms with van der Waals surface area (Å²) in [6.45, 7) is -2.67. The molecule has 4 saturated heterocycles. The van der Waals surface area contributed by atoms with E-state index < -0.39 is 149 Å². The summed E-state index contributed by atoms with van der Waals surface area (Å²) < 4.78 is 37.2. The second-order valence-electron chi connectivity index (χ2n) is 11.3. The zero-order valence-electron chi connectivity index (χ0n) is 23.5. The van der Waals surface area contributed by atoms with Crippen LogP contribution >= 0.6 is 0 Å². The number of aliphatic hydroxyl groups excluding tert-OH is 14.